The highest BCUT2D eigenvalue weighted by Crippen LogP contribution is 2.24. The summed E-state index contributed by atoms with van der Waals surface area (Å²) in [5.41, 5.74) is 0. The van der Waals surface area contributed by atoms with Crippen molar-refractivity contribution in [3.8, 4) is 0 Å². The van der Waals surface area contributed by atoms with Crippen molar-refractivity contribution in [2.45, 2.75) is 20.0 Å². The van der Waals surface area contributed by atoms with Crippen molar-refractivity contribution in [1.29, 1.82) is 0 Å². The molecule has 17 heavy (non-hydrogen) atoms. The van der Waals surface area contributed by atoms with Crippen molar-refractivity contribution < 1.29 is 0 Å². The molecule has 5 nitrogen and oxygen atoms in total. The zero-order valence-corrected chi connectivity index (χ0v) is 11.3. The number of aliphatic imine (C=N–C) groups is 2. The van der Waals surface area contributed by atoms with E-state index in [0.717, 1.165) is 11.9 Å². The summed E-state index contributed by atoms with van der Waals surface area (Å²) in [6.07, 6.45) is -0.0581. The molecule has 1 aromatic rings. The van der Waals surface area contributed by atoms with Crippen molar-refractivity contribution in [3.05, 3.63) is 17.0 Å². The number of aryl methyl sites for hydroxylation is 1. The van der Waals surface area contributed by atoms with Gasteiger partial charge < -0.3 is 10.2 Å². The van der Waals surface area contributed by atoms with Crippen molar-refractivity contribution in [3.63, 3.8) is 0 Å². The van der Waals surface area contributed by atoms with Gasteiger partial charge in [0, 0.05) is 19.0 Å². The number of anilines is 1. The summed E-state index contributed by atoms with van der Waals surface area (Å²) in [6.45, 7) is 4.06. The molecule has 2 heterocycles. The number of nitrogens with one attached hydrogen (secondary N) is 2. The van der Waals surface area contributed by atoms with E-state index in [2.05, 4.69) is 39.7 Å². The van der Waals surface area contributed by atoms with E-state index in [1.807, 2.05) is 25.9 Å². The van der Waals surface area contributed by atoms with Crippen LogP contribution in [0.5, 0.6) is 0 Å². The van der Waals surface area contributed by atoms with Crippen molar-refractivity contribution >= 4 is 28.3 Å². The zero-order valence-electron chi connectivity index (χ0n) is 10.5. The van der Waals surface area contributed by atoms with Crippen molar-refractivity contribution in [1.82, 2.24) is 10.6 Å². The SMILES string of the molecule is CNC1=NC(C)N=C(N(C)c2ccc(C)s2)N1. The molecule has 1 atom stereocenters. The molecule has 0 spiro atoms. The lowest BCUT2D eigenvalue weighted by Crippen LogP contribution is -2.49. The molecule has 1 aliphatic heterocycles. The molecule has 0 saturated heterocycles. The molecule has 0 fully saturated rings. The highest BCUT2D eigenvalue weighted by Gasteiger charge is 2.17. The average Bonchev–Trinajstić information content (AvgIpc) is 2.74. The molecule has 2 rings (SSSR count). The molecule has 6 heteroatoms. The predicted octanol–water partition coefficient (Wildman–Crippen LogP) is 1.37. The van der Waals surface area contributed by atoms with E-state index >= 15 is 0 Å². The molecular weight excluding hydrogens is 234 g/mol. The number of thiophene rings is 1. The molecule has 0 radical (unpaired) electrons. The van der Waals surface area contributed by atoms with Crippen LogP contribution in [0.3, 0.4) is 0 Å². The smallest absolute Gasteiger partial charge is 0.207 e. The van der Waals surface area contributed by atoms with E-state index in [4.69, 9.17) is 0 Å². The van der Waals surface area contributed by atoms with E-state index in [1.165, 1.54) is 9.88 Å². The average molecular weight is 251 g/mol. The maximum Gasteiger partial charge on any atom is 0.207 e. The molecular formula is C11H17N5S. The summed E-state index contributed by atoms with van der Waals surface area (Å²) < 4.78 is 0. The van der Waals surface area contributed by atoms with Crippen LogP contribution in [0.2, 0.25) is 0 Å². The van der Waals surface area contributed by atoms with Crippen LogP contribution in [-0.2, 0) is 0 Å². The van der Waals surface area contributed by atoms with Gasteiger partial charge in [-0.25, -0.2) is 9.98 Å². The summed E-state index contributed by atoms with van der Waals surface area (Å²) in [5, 5.41) is 7.34. The first kappa shape index (κ1) is 11.9. The number of guanidine groups is 2. The van der Waals surface area contributed by atoms with Crippen LogP contribution in [0.4, 0.5) is 5.00 Å². The maximum atomic E-state index is 4.48. The fraction of sp³-hybridized carbons (Fsp3) is 0.455. The normalized spacial score (nSPS) is 19.2. The molecule has 1 aromatic heterocycles. The Morgan fingerprint density at radius 3 is 2.76 bits per heavy atom. The van der Waals surface area contributed by atoms with E-state index < -0.39 is 0 Å². The minimum atomic E-state index is -0.0581. The lowest BCUT2D eigenvalue weighted by Gasteiger charge is -2.25. The second-order valence-electron chi connectivity index (χ2n) is 3.88. The first-order valence-electron chi connectivity index (χ1n) is 5.50. The number of nitrogens with zero attached hydrogens (tertiary/aromatic N) is 3. The Morgan fingerprint density at radius 2 is 2.18 bits per heavy atom. The Labute approximate surface area is 105 Å². The summed E-state index contributed by atoms with van der Waals surface area (Å²) in [6, 6.07) is 4.20. The topological polar surface area (TPSA) is 52.0 Å². The third-order valence-corrected chi connectivity index (χ3v) is 3.54. The minimum absolute atomic E-state index is 0.0581. The van der Waals surface area contributed by atoms with Gasteiger partial charge in [0.05, 0.1) is 5.00 Å². The Hall–Kier alpha value is -1.56. The highest BCUT2D eigenvalue weighted by molar-refractivity contribution is 7.16. The molecule has 92 valence electrons. The quantitative estimate of drug-likeness (QED) is 0.792. The lowest BCUT2D eigenvalue weighted by molar-refractivity contribution is 0.750. The van der Waals surface area contributed by atoms with Crippen LogP contribution in [0, 0.1) is 6.92 Å². The monoisotopic (exact) mass is 251 g/mol. The molecule has 1 aliphatic rings. The molecule has 0 aliphatic carbocycles. The number of rotatable bonds is 1. The van der Waals surface area contributed by atoms with Crippen LogP contribution in [0.15, 0.2) is 22.1 Å². The first-order chi connectivity index (χ1) is 8.10. The Bertz CT molecular complexity index is 462. The van der Waals surface area contributed by atoms with Gasteiger partial charge in [-0.05, 0) is 26.0 Å². The van der Waals surface area contributed by atoms with E-state index in [0.29, 0.717) is 0 Å². The molecule has 0 saturated carbocycles. The fourth-order valence-corrected chi connectivity index (χ4v) is 2.39. The minimum Gasteiger partial charge on any atom is -0.359 e. The Balaban J connectivity index is 2.18. The second kappa shape index (κ2) is 4.75. The Kier molecular flexibility index (Phi) is 3.33. The summed E-state index contributed by atoms with van der Waals surface area (Å²) in [7, 11) is 3.85. The van der Waals surface area contributed by atoms with E-state index in [9.17, 15) is 0 Å². The third kappa shape index (κ3) is 2.58. The fourth-order valence-electron chi connectivity index (χ4n) is 1.57. The summed E-state index contributed by atoms with van der Waals surface area (Å²) in [4.78, 5) is 12.1. The van der Waals surface area contributed by atoms with Gasteiger partial charge in [-0.1, -0.05) is 0 Å². The molecule has 1 unspecified atom stereocenters. The van der Waals surface area contributed by atoms with Crippen LogP contribution >= 0.6 is 11.3 Å². The van der Waals surface area contributed by atoms with E-state index in [-0.39, 0.29) is 6.17 Å². The van der Waals surface area contributed by atoms with Crippen molar-refractivity contribution in [2.24, 2.45) is 9.98 Å². The van der Waals surface area contributed by atoms with Gasteiger partial charge in [-0.15, -0.1) is 11.3 Å². The second-order valence-corrected chi connectivity index (χ2v) is 5.15. The zero-order chi connectivity index (χ0) is 12.4. The van der Waals surface area contributed by atoms with Gasteiger partial charge in [0.15, 0.2) is 5.96 Å². The largest absolute Gasteiger partial charge is 0.359 e. The van der Waals surface area contributed by atoms with Gasteiger partial charge in [0.1, 0.15) is 6.17 Å². The third-order valence-electron chi connectivity index (χ3n) is 2.47. The van der Waals surface area contributed by atoms with Gasteiger partial charge in [0.25, 0.3) is 0 Å². The molecule has 0 amide bonds. The maximum absolute atomic E-state index is 4.48. The predicted molar refractivity (Wildman–Crippen MR) is 74.0 cm³/mol. The first-order valence-corrected chi connectivity index (χ1v) is 6.32. The Morgan fingerprint density at radius 1 is 1.41 bits per heavy atom. The van der Waals surface area contributed by atoms with Gasteiger partial charge in [-0.3, -0.25) is 5.32 Å². The molecule has 0 bridgehead atoms. The van der Waals surface area contributed by atoms with Gasteiger partial charge in [0.2, 0.25) is 5.96 Å². The summed E-state index contributed by atoms with van der Waals surface area (Å²) >= 11 is 1.74. The standard InChI is InChI=1S/C11H17N5S/c1-7-5-6-9(17-7)16(4)11-14-8(2)13-10(12-3)15-11/h5-6,8H,1-4H3,(H2,12,13,14,15). The van der Waals surface area contributed by atoms with Crippen molar-refractivity contribution in [2.75, 3.05) is 19.0 Å². The molecule has 0 aromatic carbocycles. The van der Waals surface area contributed by atoms with Crippen LogP contribution in [0.1, 0.15) is 11.8 Å². The van der Waals surface area contributed by atoms with Gasteiger partial charge >= 0.3 is 0 Å². The number of hydrogen-bond donors (Lipinski definition) is 2. The number of hydrogen-bond acceptors (Lipinski definition) is 6. The lowest BCUT2D eigenvalue weighted by atomic mass is 10.5. The summed E-state index contributed by atoms with van der Waals surface area (Å²) in [5.74, 6) is 1.57. The van der Waals surface area contributed by atoms with Gasteiger partial charge in [-0.2, -0.15) is 0 Å². The molecule has 2 N–H and O–H groups in total. The van der Waals surface area contributed by atoms with E-state index in [1.54, 1.807) is 11.3 Å². The van der Waals surface area contributed by atoms with Crippen LogP contribution in [-0.4, -0.2) is 32.2 Å². The highest BCUT2D eigenvalue weighted by atomic mass is 32.1. The van der Waals surface area contributed by atoms with Crippen LogP contribution < -0.4 is 15.5 Å². The van der Waals surface area contributed by atoms with Crippen LogP contribution in [0.25, 0.3) is 0 Å².